The van der Waals surface area contributed by atoms with Crippen LogP contribution in [0.1, 0.15) is 38.1 Å². The van der Waals surface area contributed by atoms with E-state index in [0.29, 0.717) is 52.0 Å². The number of para-hydroxylation sites is 2. The zero-order valence-corrected chi connectivity index (χ0v) is 41.4. The third kappa shape index (κ3) is 14.3. The molecule has 9 rings (SSSR count). The first kappa shape index (κ1) is 53.8. The number of amides is 4. The molecular weight excluding hydrogens is 1020 g/mol. The van der Waals surface area contributed by atoms with Crippen LogP contribution in [-0.2, 0) is 28.1 Å². The summed E-state index contributed by atoms with van der Waals surface area (Å²) in [5.74, 6) is -1.04. The smallest absolute Gasteiger partial charge is 0.275 e. The van der Waals surface area contributed by atoms with Crippen molar-refractivity contribution in [2.75, 3.05) is 58.4 Å². The van der Waals surface area contributed by atoms with Gasteiger partial charge < -0.3 is 44.3 Å². The van der Waals surface area contributed by atoms with E-state index < -0.39 is 47.1 Å². The zero-order chi connectivity index (χ0) is 52.4. The minimum Gasteiger partial charge on any atom is -0.489 e. The molecule has 382 valence electrons. The maximum absolute atomic E-state index is 14.4. The van der Waals surface area contributed by atoms with Crippen molar-refractivity contribution in [3.8, 4) is 29.1 Å². The minimum atomic E-state index is -0.991. The fourth-order valence-electron chi connectivity index (χ4n) is 6.64. The number of fused-ring (bicyclic) bond motifs is 2. The van der Waals surface area contributed by atoms with E-state index in [1.165, 1.54) is 34.8 Å². The number of rotatable bonds is 11. The molecule has 0 spiro atoms. The number of hydrogen-bond donors (Lipinski definition) is 4. The number of H-pyrrole nitrogens is 1. The number of pyridine rings is 4. The molecule has 0 radical (unpaired) electrons. The number of anilines is 2. The van der Waals surface area contributed by atoms with E-state index in [1.807, 2.05) is 18.2 Å². The standard InChI is InChI=1S/C21H20FN5O4.C13H12FN5O3.C7H8BrNO.C7H9NO2/c1-26-16-7-3-4-8-17(16)31-12-15(21(26)29)24-20(28)19-14(22)11-27(25-19)10-13-6-5-9-18(23-13)30-2;1-19-11-9(3-2-4-15-11)22-6-8(13(19)21)17-12(20)10-7(14)5-16-18-10;1-10-7-4-2-3-6(5-8)9-7;1-10-7-4-2-3-6(5-9)8-7/h3-9,11,15H,10,12H2,1-2H3,(H,24,28);2-5,8H,6H2,1H3,(H,16,18)(H,17,20);2-4H,5H2,1H3;2-4,9H,5H2,1H3/t15-;8-;;/m00../s1. The summed E-state index contributed by atoms with van der Waals surface area (Å²) in [5.41, 5.74) is 2.03. The molecule has 73 heavy (non-hydrogen) atoms. The second-order valence-electron chi connectivity index (χ2n) is 15.2. The summed E-state index contributed by atoms with van der Waals surface area (Å²) in [6.45, 7) is -0.0620. The van der Waals surface area contributed by atoms with E-state index in [0.717, 1.165) is 23.4 Å². The average molecular weight is 1070 g/mol. The number of benzene rings is 1. The summed E-state index contributed by atoms with van der Waals surface area (Å²) in [6.07, 6.45) is 3.51. The topological polar surface area (TPSA) is 263 Å². The lowest BCUT2D eigenvalue weighted by Crippen LogP contribution is -2.49. The number of aliphatic hydroxyl groups is 1. The van der Waals surface area contributed by atoms with Crippen molar-refractivity contribution in [3.05, 3.63) is 150 Å². The van der Waals surface area contributed by atoms with E-state index in [9.17, 15) is 28.0 Å². The fraction of sp³-hybridized carbons (Fsp3) is 0.250. The Balaban J connectivity index is 0.000000178. The van der Waals surface area contributed by atoms with Crippen molar-refractivity contribution in [1.29, 1.82) is 0 Å². The van der Waals surface area contributed by atoms with Crippen LogP contribution in [0.4, 0.5) is 20.3 Å². The van der Waals surface area contributed by atoms with Crippen molar-refractivity contribution in [1.82, 2.24) is 50.5 Å². The lowest BCUT2D eigenvalue weighted by Gasteiger charge is -2.20. The number of hydrogen-bond acceptors (Lipinski definition) is 16. The van der Waals surface area contributed by atoms with Crippen molar-refractivity contribution in [3.63, 3.8) is 0 Å². The zero-order valence-electron chi connectivity index (χ0n) is 39.9. The number of nitrogens with zero attached hydrogens (tertiary/aromatic N) is 9. The molecule has 2 aliphatic rings. The van der Waals surface area contributed by atoms with Gasteiger partial charge in [-0.05, 0) is 42.5 Å². The summed E-state index contributed by atoms with van der Waals surface area (Å²) in [6, 6.07) is 24.6. The lowest BCUT2D eigenvalue weighted by atomic mass is 10.2. The van der Waals surface area contributed by atoms with Gasteiger partial charge in [0, 0.05) is 43.8 Å². The molecule has 7 aromatic rings. The first-order chi connectivity index (χ1) is 35.3. The number of likely N-dealkylation sites (N-methyl/N-ethyl adjacent to an activating group) is 2. The van der Waals surface area contributed by atoms with Crippen LogP contribution in [0.2, 0.25) is 0 Å². The number of halogens is 3. The van der Waals surface area contributed by atoms with Crippen LogP contribution in [0.3, 0.4) is 0 Å². The van der Waals surface area contributed by atoms with Crippen molar-refractivity contribution < 1.29 is 56.7 Å². The van der Waals surface area contributed by atoms with Gasteiger partial charge in [-0.1, -0.05) is 46.3 Å². The summed E-state index contributed by atoms with van der Waals surface area (Å²) in [5, 5.41) is 24.0. The maximum Gasteiger partial charge on any atom is 0.275 e. The Morgan fingerprint density at radius 3 is 1.92 bits per heavy atom. The molecular formula is C48H49BrF2N12O10. The highest BCUT2D eigenvalue weighted by Crippen LogP contribution is 2.30. The van der Waals surface area contributed by atoms with Crippen molar-refractivity contribution >= 4 is 51.1 Å². The summed E-state index contributed by atoms with van der Waals surface area (Å²) < 4.78 is 55.0. The number of aromatic nitrogens is 8. The number of nitrogens with one attached hydrogen (secondary N) is 3. The van der Waals surface area contributed by atoms with Gasteiger partial charge in [-0.3, -0.25) is 33.9 Å². The highest BCUT2D eigenvalue weighted by Gasteiger charge is 2.33. The molecule has 0 unspecified atom stereocenters. The molecule has 0 saturated heterocycles. The van der Waals surface area contributed by atoms with E-state index >= 15 is 0 Å². The highest BCUT2D eigenvalue weighted by molar-refractivity contribution is 9.08. The van der Waals surface area contributed by atoms with Gasteiger partial charge in [0.25, 0.3) is 23.6 Å². The second kappa shape index (κ2) is 26.0. The Morgan fingerprint density at radius 2 is 1.30 bits per heavy atom. The van der Waals surface area contributed by atoms with Crippen LogP contribution in [0.5, 0.6) is 29.1 Å². The molecule has 6 aromatic heterocycles. The van der Waals surface area contributed by atoms with E-state index in [4.69, 9.17) is 28.8 Å². The van der Waals surface area contributed by atoms with Gasteiger partial charge in [-0.2, -0.15) is 10.2 Å². The predicted octanol–water partition coefficient (Wildman–Crippen LogP) is 4.29. The minimum absolute atomic E-state index is 0.0444. The number of aromatic amines is 1. The van der Waals surface area contributed by atoms with E-state index in [2.05, 4.69) is 61.8 Å². The molecule has 4 N–H and O–H groups in total. The Kier molecular flexibility index (Phi) is 19.2. The number of carbonyl (C=O) groups excluding carboxylic acids is 4. The number of methoxy groups -OCH3 is 3. The molecule has 25 heteroatoms. The van der Waals surface area contributed by atoms with E-state index in [-0.39, 0.29) is 38.0 Å². The molecule has 2 atom stereocenters. The number of aliphatic hydroxyl groups excluding tert-OH is 1. The van der Waals surface area contributed by atoms with E-state index in [1.54, 1.807) is 94.1 Å². The lowest BCUT2D eigenvalue weighted by molar-refractivity contribution is -0.121. The molecule has 2 aliphatic heterocycles. The Bertz CT molecular complexity index is 2910. The molecule has 22 nitrogen and oxygen atoms in total. The van der Waals surface area contributed by atoms with Crippen LogP contribution in [-0.4, -0.2) is 129 Å². The van der Waals surface area contributed by atoms with Crippen molar-refractivity contribution in [2.24, 2.45) is 0 Å². The first-order valence-corrected chi connectivity index (χ1v) is 22.9. The van der Waals surface area contributed by atoms with Gasteiger partial charge in [0.1, 0.15) is 31.0 Å². The molecule has 0 aliphatic carbocycles. The summed E-state index contributed by atoms with van der Waals surface area (Å²) in [7, 11) is 7.77. The molecule has 0 saturated carbocycles. The van der Waals surface area contributed by atoms with Crippen LogP contribution >= 0.6 is 15.9 Å². The summed E-state index contributed by atoms with van der Waals surface area (Å²) >= 11 is 3.30. The monoisotopic (exact) mass is 1070 g/mol. The quantitative estimate of drug-likeness (QED) is 0.132. The highest BCUT2D eigenvalue weighted by atomic mass is 79.9. The van der Waals surface area contributed by atoms with Crippen LogP contribution in [0, 0.1) is 11.6 Å². The molecule has 4 amide bonds. The normalized spacial score (nSPS) is 14.5. The van der Waals surface area contributed by atoms with Gasteiger partial charge in [-0.15, -0.1) is 0 Å². The SMILES string of the molecule is CN1C(=O)[C@@H](NC(=O)c2[nH]ncc2F)COc2cccnc21.COc1cccc(CBr)n1.COc1cccc(CO)n1.COc1cccc(Cn2cc(F)c(C(=O)N[C@H]3COc4ccccc4N(C)C3=O)n2)n1. The van der Waals surface area contributed by atoms with Gasteiger partial charge in [0.15, 0.2) is 34.6 Å². The van der Waals surface area contributed by atoms with Gasteiger partial charge in [0.2, 0.25) is 17.6 Å². The third-order valence-electron chi connectivity index (χ3n) is 10.3. The van der Waals surface area contributed by atoms with Crippen LogP contribution in [0.15, 0.2) is 110 Å². The van der Waals surface area contributed by atoms with Gasteiger partial charge in [0.05, 0.1) is 69.6 Å². The second-order valence-corrected chi connectivity index (χ2v) is 15.7. The summed E-state index contributed by atoms with van der Waals surface area (Å²) in [4.78, 5) is 68.8. The molecule has 0 bridgehead atoms. The number of carbonyl (C=O) groups is 4. The number of ether oxygens (including phenoxy) is 5. The van der Waals surface area contributed by atoms with Gasteiger partial charge >= 0.3 is 0 Å². The Hall–Kier alpha value is -8.58. The van der Waals surface area contributed by atoms with Gasteiger partial charge in [-0.25, -0.2) is 28.7 Å². The number of alkyl halides is 1. The van der Waals surface area contributed by atoms with Crippen LogP contribution < -0.4 is 44.1 Å². The largest absolute Gasteiger partial charge is 0.489 e. The van der Waals surface area contributed by atoms with Crippen LogP contribution in [0.25, 0.3) is 0 Å². The molecule has 0 fully saturated rings. The van der Waals surface area contributed by atoms with Crippen molar-refractivity contribution in [2.45, 2.75) is 30.6 Å². The maximum atomic E-state index is 14.4. The Labute approximate surface area is 424 Å². The first-order valence-electron chi connectivity index (χ1n) is 21.8. The molecule has 8 heterocycles. The Morgan fingerprint density at radius 1 is 0.740 bits per heavy atom. The molecule has 1 aromatic carbocycles. The predicted molar refractivity (Wildman–Crippen MR) is 262 cm³/mol. The average Bonchev–Trinajstić information content (AvgIpc) is 3.98. The third-order valence-corrected chi connectivity index (χ3v) is 10.9. The fourth-order valence-corrected chi connectivity index (χ4v) is 6.95.